The molecule has 2 saturated heterocycles. The second-order valence-corrected chi connectivity index (χ2v) is 7.54. The molecule has 1 unspecified atom stereocenters. The van der Waals surface area contributed by atoms with Crippen LogP contribution in [0, 0.1) is 26.7 Å². The molecule has 4 heteroatoms. The molecule has 2 fully saturated rings. The highest BCUT2D eigenvalue weighted by Crippen LogP contribution is 2.22. The van der Waals surface area contributed by atoms with Gasteiger partial charge >= 0.3 is 5.97 Å². The Morgan fingerprint density at radius 3 is 2.46 bits per heavy atom. The third-order valence-electron chi connectivity index (χ3n) is 5.74. The molecule has 3 rings (SSSR count). The van der Waals surface area contributed by atoms with Crippen molar-refractivity contribution in [1.82, 2.24) is 0 Å². The van der Waals surface area contributed by atoms with Crippen LogP contribution in [0.4, 0.5) is 0 Å². The van der Waals surface area contributed by atoms with Crippen molar-refractivity contribution in [3.05, 3.63) is 34.4 Å². The van der Waals surface area contributed by atoms with Crippen LogP contribution in [-0.4, -0.2) is 31.7 Å². The Hall–Kier alpha value is -1.06. The molecule has 0 amide bonds. The van der Waals surface area contributed by atoms with Gasteiger partial charge in [0.15, 0.2) is 0 Å². The van der Waals surface area contributed by atoms with E-state index >= 15 is 0 Å². The molecular weight excluding hydrogens is 322 g/mol. The van der Waals surface area contributed by atoms with E-state index < -0.39 is 0 Å². The maximum Gasteiger partial charge on any atom is 0.338 e. The second kappa shape index (κ2) is 8.35. The fraction of sp³-hybridized carbons (Fsp3) is 0.650. The molecule has 0 saturated carbocycles. The number of carbonyl (C=O) groups excluding carboxylic acids is 1. The van der Waals surface area contributed by atoms with E-state index in [9.17, 15) is 4.79 Å². The molecule has 0 aliphatic carbocycles. The lowest BCUT2D eigenvalue weighted by Gasteiger charge is -2.41. The summed E-state index contributed by atoms with van der Waals surface area (Å²) < 4.78 is 5.77. The highest BCUT2D eigenvalue weighted by Gasteiger charge is 2.37. The van der Waals surface area contributed by atoms with Gasteiger partial charge in [-0.1, -0.05) is 17.7 Å². The Balaban J connectivity index is 0.00000208. The van der Waals surface area contributed by atoms with Crippen LogP contribution in [0.25, 0.3) is 0 Å². The van der Waals surface area contributed by atoms with Crippen molar-refractivity contribution in [2.75, 3.05) is 19.7 Å². The number of aryl methyl sites for hydroxylation is 3. The number of rotatable bonds is 3. The first kappa shape index (κ1) is 19.3. The molecule has 2 aliphatic heterocycles. The SMILES string of the molecule is Cc1cc(C)c(C(=O)OC[C@@H]2CCC[NH+]3CCCC[C@H]23)c(C)c1.[Cl-]. The van der Waals surface area contributed by atoms with Crippen LogP contribution in [0.5, 0.6) is 0 Å². The third-order valence-corrected chi connectivity index (χ3v) is 5.74. The molecule has 0 spiro atoms. The largest absolute Gasteiger partial charge is 1.00 e. The lowest BCUT2D eigenvalue weighted by atomic mass is 9.84. The van der Waals surface area contributed by atoms with Crippen LogP contribution < -0.4 is 17.3 Å². The van der Waals surface area contributed by atoms with Crippen molar-refractivity contribution in [3.8, 4) is 0 Å². The molecule has 2 aliphatic rings. The lowest BCUT2D eigenvalue weighted by Crippen LogP contribution is -3.18. The fourth-order valence-electron chi connectivity index (χ4n) is 4.73. The number of nitrogens with one attached hydrogen (secondary N) is 1. The number of esters is 1. The first-order chi connectivity index (χ1) is 11.1. The Bertz CT molecular complexity index is 562. The highest BCUT2D eigenvalue weighted by molar-refractivity contribution is 5.92. The molecular formula is C20H30ClNO2. The Kier molecular flexibility index (Phi) is 6.70. The number of benzene rings is 1. The quantitative estimate of drug-likeness (QED) is 0.753. The summed E-state index contributed by atoms with van der Waals surface area (Å²) in [5.74, 6) is 0.414. The Labute approximate surface area is 152 Å². The van der Waals surface area contributed by atoms with Gasteiger partial charge in [-0.05, 0) is 64.0 Å². The number of ether oxygens (including phenoxy) is 1. The van der Waals surface area contributed by atoms with Crippen molar-refractivity contribution >= 4 is 5.97 Å². The van der Waals surface area contributed by atoms with Crippen LogP contribution in [0.2, 0.25) is 0 Å². The molecule has 1 aromatic rings. The van der Waals surface area contributed by atoms with E-state index in [0.29, 0.717) is 18.6 Å². The fourth-order valence-corrected chi connectivity index (χ4v) is 4.73. The van der Waals surface area contributed by atoms with E-state index in [2.05, 4.69) is 19.1 Å². The molecule has 1 N–H and O–H groups in total. The van der Waals surface area contributed by atoms with E-state index in [1.165, 1.54) is 50.8 Å². The normalized spacial score (nSPS) is 26.2. The Morgan fingerprint density at radius 2 is 1.75 bits per heavy atom. The number of halogens is 1. The van der Waals surface area contributed by atoms with Gasteiger partial charge in [0.05, 0.1) is 24.7 Å². The van der Waals surface area contributed by atoms with E-state index in [0.717, 1.165) is 16.7 Å². The summed E-state index contributed by atoms with van der Waals surface area (Å²) in [6, 6.07) is 4.85. The average molecular weight is 352 g/mol. The smallest absolute Gasteiger partial charge is 0.338 e. The van der Waals surface area contributed by atoms with Crippen molar-refractivity contribution in [2.45, 2.75) is 58.9 Å². The van der Waals surface area contributed by atoms with E-state index in [1.807, 2.05) is 13.8 Å². The molecule has 0 radical (unpaired) electrons. The predicted molar refractivity (Wildman–Crippen MR) is 92.0 cm³/mol. The van der Waals surface area contributed by atoms with Crippen LogP contribution >= 0.6 is 0 Å². The minimum Gasteiger partial charge on any atom is -1.00 e. The lowest BCUT2D eigenvalue weighted by molar-refractivity contribution is -0.940. The number of hydrogen-bond acceptors (Lipinski definition) is 2. The van der Waals surface area contributed by atoms with E-state index in [1.54, 1.807) is 4.90 Å². The zero-order chi connectivity index (χ0) is 16.4. The van der Waals surface area contributed by atoms with Gasteiger partial charge in [0.25, 0.3) is 0 Å². The van der Waals surface area contributed by atoms with Gasteiger partial charge in [0.1, 0.15) is 6.61 Å². The summed E-state index contributed by atoms with van der Waals surface area (Å²) in [7, 11) is 0. The third kappa shape index (κ3) is 4.12. The molecule has 2 heterocycles. The minimum absolute atomic E-state index is 0. The van der Waals surface area contributed by atoms with Gasteiger partial charge in [0.2, 0.25) is 0 Å². The number of hydrogen-bond donors (Lipinski definition) is 1. The van der Waals surface area contributed by atoms with Crippen LogP contribution in [-0.2, 0) is 4.74 Å². The van der Waals surface area contributed by atoms with Crippen LogP contribution in [0.3, 0.4) is 0 Å². The zero-order valence-corrected chi connectivity index (χ0v) is 15.9. The van der Waals surface area contributed by atoms with Crippen molar-refractivity contribution in [3.63, 3.8) is 0 Å². The molecule has 134 valence electrons. The van der Waals surface area contributed by atoms with Gasteiger partial charge in [-0.25, -0.2) is 4.79 Å². The maximum atomic E-state index is 12.6. The second-order valence-electron chi connectivity index (χ2n) is 7.54. The summed E-state index contributed by atoms with van der Waals surface area (Å²) in [4.78, 5) is 14.3. The molecule has 0 bridgehead atoms. The van der Waals surface area contributed by atoms with Gasteiger partial charge in [0, 0.05) is 5.92 Å². The number of quaternary nitrogens is 1. The number of carbonyl (C=O) groups is 1. The van der Waals surface area contributed by atoms with Crippen molar-refractivity contribution in [1.29, 1.82) is 0 Å². The molecule has 3 atom stereocenters. The predicted octanol–water partition coefficient (Wildman–Crippen LogP) is -0.380. The molecule has 1 aromatic carbocycles. The summed E-state index contributed by atoms with van der Waals surface area (Å²) in [5, 5.41) is 0. The van der Waals surface area contributed by atoms with E-state index in [4.69, 9.17) is 4.74 Å². The zero-order valence-electron chi connectivity index (χ0n) is 15.2. The number of fused-ring (bicyclic) bond motifs is 1. The van der Waals surface area contributed by atoms with E-state index in [-0.39, 0.29) is 18.4 Å². The first-order valence-electron chi connectivity index (χ1n) is 9.16. The summed E-state index contributed by atoms with van der Waals surface area (Å²) in [6.07, 6.45) is 6.50. The standard InChI is InChI=1S/C20H29NO2.ClH/c1-14-11-15(2)19(16(3)12-14)20(22)23-13-17-7-6-10-21-9-5-4-8-18(17)21;/h11-12,17-18H,4-10,13H2,1-3H3;1H/t17-,18+;/m0./s1. The van der Waals surface area contributed by atoms with Crippen molar-refractivity contribution in [2.24, 2.45) is 5.92 Å². The van der Waals surface area contributed by atoms with Gasteiger partial charge in [-0.15, -0.1) is 0 Å². The highest BCUT2D eigenvalue weighted by atomic mass is 35.5. The van der Waals surface area contributed by atoms with Crippen LogP contribution in [0.15, 0.2) is 12.1 Å². The summed E-state index contributed by atoms with van der Waals surface area (Å²) in [6.45, 7) is 9.29. The molecule has 3 nitrogen and oxygen atoms in total. The maximum absolute atomic E-state index is 12.6. The van der Waals surface area contributed by atoms with Gasteiger partial charge in [-0.2, -0.15) is 0 Å². The van der Waals surface area contributed by atoms with Crippen LogP contribution in [0.1, 0.15) is 59.2 Å². The molecule has 24 heavy (non-hydrogen) atoms. The topological polar surface area (TPSA) is 30.7 Å². The minimum atomic E-state index is -0.136. The Morgan fingerprint density at radius 1 is 1.08 bits per heavy atom. The average Bonchev–Trinajstić information content (AvgIpc) is 2.52. The van der Waals surface area contributed by atoms with Gasteiger partial charge in [-0.3, -0.25) is 0 Å². The summed E-state index contributed by atoms with van der Waals surface area (Å²) in [5.41, 5.74) is 4.02. The molecule has 0 aromatic heterocycles. The summed E-state index contributed by atoms with van der Waals surface area (Å²) >= 11 is 0. The van der Waals surface area contributed by atoms with Gasteiger partial charge < -0.3 is 22.0 Å². The first-order valence-corrected chi connectivity index (χ1v) is 9.16. The van der Waals surface area contributed by atoms with Crippen molar-refractivity contribution < 1.29 is 26.8 Å². The number of piperidine rings is 2. The monoisotopic (exact) mass is 351 g/mol.